The molecule has 2 atom stereocenters. The molecule has 1 saturated carbocycles. The van der Waals surface area contributed by atoms with E-state index in [1.165, 1.54) is 18.4 Å². The molecule has 3 nitrogen and oxygen atoms in total. The highest BCUT2D eigenvalue weighted by Gasteiger charge is 2.32. The third kappa shape index (κ3) is 2.17. The highest BCUT2D eigenvalue weighted by atomic mass is 16.1. The van der Waals surface area contributed by atoms with E-state index in [-0.39, 0.29) is 18.5 Å². The summed E-state index contributed by atoms with van der Waals surface area (Å²) < 4.78 is 0. The van der Waals surface area contributed by atoms with E-state index in [1.54, 1.807) is 0 Å². The number of hydrogen-bond acceptors (Lipinski definition) is 2. The topological polar surface area (TPSA) is 41.5 Å². The molecule has 2 aliphatic rings. The van der Waals surface area contributed by atoms with Gasteiger partial charge in [0, 0.05) is 17.7 Å². The van der Waals surface area contributed by atoms with Crippen LogP contribution in [0.4, 0.5) is 0 Å². The first-order chi connectivity index (χ1) is 8.84. The van der Waals surface area contributed by atoms with Gasteiger partial charge in [0.15, 0.2) is 0 Å². The quantitative estimate of drug-likeness (QED) is 0.805. The molecule has 1 aliphatic carbocycles. The smallest absolute Gasteiger partial charge is 0.241 e. The second-order valence-electron chi connectivity index (χ2n) is 5.13. The van der Waals surface area contributed by atoms with E-state index in [4.69, 9.17) is 0 Å². The van der Waals surface area contributed by atoms with Gasteiger partial charge in [-0.2, -0.15) is 0 Å². The van der Waals surface area contributed by atoms with Crippen molar-refractivity contribution in [2.75, 3.05) is 6.54 Å². The minimum absolute atomic E-state index is 0.0674. The zero-order valence-electron chi connectivity index (χ0n) is 10.4. The maximum absolute atomic E-state index is 11.7. The van der Waals surface area contributed by atoms with Gasteiger partial charge in [-0.15, -0.1) is 0 Å². The molecule has 1 amide bonds. The van der Waals surface area contributed by atoms with E-state index >= 15 is 0 Å². The van der Waals surface area contributed by atoms with Gasteiger partial charge in [-0.05, 0) is 18.4 Å². The van der Waals surface area contributed by atoms with Gasteiger partial charge in [-0.25, -0.2) is 0 Å². The summed E-state index contributed by atoms with van der Waals surface area (Å²) in [5, 5.41) is 3.13. The third-order valence-corrected chi connectivity index (χ3v) is 3.93. The lowest BCUT2D eigenvalue weighted by molar-refractivity contribution is -0.120. The van der Waals surface area contributed by atoms with Gasteiger partial charge in [0.25, 0.3) is 0 Å². The molecule has 1 aromatic rings. The molecule has 3 heteroatoms. The molecule has 18 heavy (non-hydrogen) atoms. The van der Waals surface area contributed by atoms with Crippen LogP contribution in [0.2, 0.25) is 0 Å². The molecule has 0 radical (unpaired) electrons. The Balaban J connectivity index is 1.97. The van der Waals surface area contributed by atoms with Gasteiger partial charge in [0.2, 0.25) is 5.91 Å². The van der Waals surface area contributed by atoms with Crippen LogP contribution in [0.3, 0.4) is 0 Å². The first kappa shape index (κ1) is 11.5. The Morgan fingerprint density at radius 3 is 2.72 bits per heavy atom. The van der Waals surface area contributed by atoms with Crippen LogP contribution in [-0.2, 0) is 4.79 Å². The van der Waals surface area contributed by atoms with Gasteiger partial charge in [-0.3, -0.25) is 9.79 Å². The first-order valence-corrected chi connectivity index (χ1v) is 6.74. The lowest BCUT2D eigenvalue weighted by atomic mass is 9.79. The molecule has 0 saturated heterocycles. The second kappa shape index (κ2) is 4.92. The third-order valence-electron chi connectivity index (χ3n) is 3.93. The van der Waals surface area contributed by atoms with E-state index in [2.05, 4.69) is 22.4 Å². The summed E-state index contributed by atoms with van der Waals surface area (Å²) in [5.74, 6) is 0.463. The Labute approximate surface area is 107 Å². The number of carbonyl (C=O) groups is 1. The molecule has 3 rings (SSSR count). The van der Waals surface area contributed by atoms with E-state index in [9.17, 15) is 4.79 Å². The molecule has 0 spiro atoms. The van der Waals surface area contributed by atoms with Crippen LogP contribution in [0, 0.1) is 5.92 Å². The average molecular weight is 242 g/mol. The maximum Gasteiger partial charge on any atom is 0.241 e. The number of amides is 1. The first-order valence-electron chi connectivity index (χ1n) is 6.74. The van der Waals surface area contributed by atoms with Crippen LogP contribution in [-0.4, -0.2) is 24.2 Å². The summed E-state index contributed by atoms with van der Waals surface area (Å²) in [6.07, 6.45) is 4.67. The fourth-order valence-corrected chi connectivity index (χ4v) is 3.07. The Morgan fingerprint density at radius 2 is 1.89 bits per heavy atom. The molecule has 94 valence electrons. The fraction of sp³-hybridized carbons (Fsp3) is 0.467. The molecular formula is C15H18N2O. The predicted octanol–water partition coefficient (Wildman–Crippen LogP) is 2.16. The Hall–Kier alpha value is -1.64. The number of benzene rings is 1. The molecule has 0 aromatic heterocycles. The number of hydrogen-bond donors (Lipinski definition) is 1. The number of nitrogens with zero attached hydrogens (tertiary/aromatic N) is 1. The van der Waals surface area contributed by atoms with Gasteiger partial charge >= 0.3 is 0 Å². The van der Waals surface area contributed by atoms with Crippen LogP contribution >= 0.6 is 0 Å². The monoisotopic (exact) mass is 242 g/mol. The normalized spacial score (nSPS) is 27.8. The van der Waals surface area contributed by atoms with Crippen molar-refractivity contribution < 1.29 is 4.79 Å². The largest absolute Gasteiger partial charge is 0.351 e. The van der Waals surface area contributed by atoms with Gasteiger partial charge in [-0.1, -0.05) is 43.2 Å². The minimum atomic E-state index is 0.0674. The fourth-order valence-electron chi connectivity index (χ4n) is 3.07. The molecular weight excluding hydrogens is 224 g/mol. The summed E-state index contributed by atoms with van der Waals surface area (Å²) in [6, 6.07) is 10.6. The zero-order chi connectivity index (χ0) is 12.4. The molecule has 0 bridgehead atoms. The van der Waals surface area contributed by atoms with E-state index in [1.807, 2.05) is 18.2 Å². The number of rotatable bonds is 1. The highest BCUT2D eigenvalue weighted by molar-refractivity contribution is 6.04. The van der Waals surface area contributed by atoms with Crippen molar-refractivity contribution >= 4 is 11.6 Å². The average Bonchev–Trinajstić information content (AvgIpc) is 2.58. The molecule has 1 N–H and O–H groups in total. The summed E-state index contributed by atoms with van der Waals surface area (Å²) >= 11 is 0. The van der Waals surface area contributed by atoms with E-state index in [0.717, 1.165) is 18.6 Å². The van der Waals surface area contributed by atoms with Crippen molar-refractivity contribution in [1.82, 2.24) is 5.32 Å². The van der Waals surface area contributed by atoms with Gasteiger partial charge in [0.1, 0.15) is 6.54 Å². The summed E-state index contributed by atoms with van der Waals surface area (Å²) in [4.78, 5) is 16.3. The SMILES string of the molecule is O=C1CN=C(c2ccccc2)C2CCCCC2N1. The number of fused-ring (bicyclic) bond motifs is 1. The summed E-state index contributed by atoms with van der Waals surface area (Å²) in [7, 11) is 0. The highest BCUT2D eigenvalue weighted by Crippen LogP contribution is 2.29. The second-order valence-corrected chi connectivity index (χ2v) is 5.13. The number of carbonyl (C=O) groups excluding carboxylic acids is 1. The minimum Gasteiger partial charge on any atom is -0.351 e. The lowest BCUT2D eigenvalue weighted by Crippen LogP contribution is -2.43. The Morgan fingerprint density at radius 1 is 1.11 bits per heavy atom. The number of aliphatic imine (C=N–C) groups is 1. The van der Waals surface area contributed by atoms with Crippen molar-refractivity contribution in [3.05, 3.63) is 35.9 Å². The summed E-state index contributed by atoms with van der Waals surface area (Å²) in [5.41, 5.74) is 2.30. The Kier molecular flexibility index (Phi) is 3.13. The standard InChI is InChI=1S/C15H18N2O/c18-14-10-16-15(11-6-2-1-3-7-11)12-8-4-5-9-13(12)17-14/h1-3,6-7,12-13H,4-5,8-10H2,(H,17,18). The van der Waals surface area contributed by atoms with E-state index < -0.39 is 0 Å². The van der Waals surface area contributed by atoms with Crippen LogP contribution in [0.1, 0.15) is 31.2 Å². The molecule has 1 heterocycles. The van der Waals surface area contributed by atoms with E-state index in [0.29, 0.717) is 5.92 Å². The molecule has 1 aromatic carbocycles. The summed E-state index contributed by atoms with van der Waals surface area (Å²) in [6.45, 7) is 0.275. The number of nitrogens with one attached hydrogen (secondary N) is 1. The van der Waals surface area contributed by atoms with Crippen molar-refractivity contribution in [2.45, 2.75) is 31.7 Å². The van der Waals surface area contributed by atoms with Crippen molar-refractivity contribution in [2.24, 2.45) is 10.9 Å². The zero-order valence-corrected chi connectivity index (χ0v) is 10.4. The van der Waals surface area contributed by atoms with Gasteiger partial charge < -0.3 is 5.32 Å². The lowest BCUT2D eigenvalue weighted by Gasteiger charge is -2.31. The molecule has 1 aliphatic heterocycles. The van der Waals surface area contributed by atoms with Crippen molar-refractivity contribution in [3.63, 3.8) is 0 Å². The van der Waals surface area contributed by atoms with Crippen LogP contribution in [0.25, 0.3) is 0 Å². The van der Waals surface area contributed by atoms with Crippen LogP contribution in [0.15, 0.2) is 35.3 Å². The van der Waals surface area contributed by atoms with Crippen LogP contribution in [0.5, 0.6) is 0 Å². The van der Waals surface area contributed by atoms with Crippen molar-refractivity contribution in [1.29, 1.82) is 0 Å². The van der Waals surface area contributed by atoms with Crippen molar-refractivity contribution in [3.8, 4) is 0 Å². The predicted molar refractivity (Wildman–Crippen MR) is 71.7 cm³/mol. The van der Waals surface area contributed by atoms with Crippen LogP contribution < -0.4 is 5.32 Å². The van der Waals surface area contributed by atoms with Gasteiger partial charge in [0.05, 0.1) is 0 Å². The maximum atomic E-state index is 11.7. The molecule has 1 fully saturated rings. The Bertz CT molecular complexity index is 467. The molecule has 2 unspecified atom stereocenters.